The Hall–Kier alpha value is -3.12. The minimum absolute atomic E-state index is 0.207. The van der Waals surface area contributed by atoms with E-state index in [1.54, 1.807) is 6.33 Å². The van der Waals surface area contributed by atoms with Crippen molar-refractivity contribution >= 4 is 28.8 Å². The number of benzene rings is 2. The second-order valence-corrected chi connectivity index (χ2v) is 8.45. The summed E-state index contributed by atoms with van der Waals surface area (Å²) in [5, 5.41) is 1.42. The third-order valence-electron chi connectivity index (χ3n) is 5.09. The standard InChI is InChI=1S/C25H25N3O2S/c1-4-21(25(29)30-5-2)31-24-22-20(18-11-7-6-8-12-18)15-28(23(22)26-16-27-24)19-13-9-10-17(3)14-19/h6-16,21H,4-5H2,1-3H3. The van der Waals surface area contributed by atoms with Crippen molar-refractivity contribution in [3.05, 3.63) is 72.7 Å². The van der Waals surface area contributed by atoms with Gasteiger partial charge in [-0.3, -0.25) is 4.79 Å². The lowest BCUT2D eigenvalue weighted by molar-refractivity contribution is -0.142. The van der Waals surface area contributed by atoms with Gasteiger partial charge in [0.1, 0.15) is 22.3 Å². The predicted molar refractivity (Wildman–Crippen MR) is 126 cm³/mol. The van der Waals surface area contributed by atoms with Crippen LogP contribution in [-0.2, 0) is 9.53 Å². The zero-order valence-corrected chi connectivity index (χ0v) is 18.7. The fraction of sp³-hybridized carbons (Fsp3) is 0.240. The van der Waals surface area contributed by atoms with Crippen molar-refractivity contribution in [1.29, 1.82) is 0 Å². The molecule has 2 aromatic heterocycles. The highest BCUT2D eigenvalue weighted by Crippen LogP contribution is 2.38. The number of fused-ring (bicyclic) bond motifs is 1. The summed E-state index contributed by atoms with van der Waals surface area (Å²) in [4.78, 5) is 21.7. The van der Waals surface area contributed by atoms with Gasteiger partial charge in [-0.1, -0.05) is 61.2 Å². The summed E-state index contributed by atoms with van der Waals surface area (Å²) < 4.78 is 7.37. The van der Waals surface area contributed by atoms with Gasteiger partial charge in [0.2, 0.25) is 0 Å². The van der Waals surface area contributed by atoms with Gasteiger partial charge in [0.05, 0.1) is 12.0 Å². The Labute approximate surface area is 186 Å². The monoisotopic (exact) mass is 431 g/mol. The Kier molecular flexibility index (Phi) is 6.37. The molecule has 0 aliphatic carbocycles. The second kappa shape index (κ2) is 9.35. The molecule has 0 fully saturated rings. The maximum absolute atomic E-state index is 12.4. The van der Waals surface area contributed by atoms with Crippen LogP contribution in [0, 0.1) is 6.92 Å². The summed E-state index contributed by atoms with van der Waals surface area (Å²) in [5.74, 6) is -0.207. The molecule has 1 atom stereocenters. The van der Waals surface area contributed by atoms with Gasteiger partial charge in [-0.2, -0.15) is 0 Å². The summed E-state index contributed by atoms with van der Waals surface area (Å²) in [7, 11) is 0. The molecule has 0 radical (unpaired) electrons. The maximum atomic E-state index is 12.4. The summed E-state index contributed by atoms with van der Waals surface area (Å²) in [6.45, 7) is 6.26. The van der Waals surface area contributed by atoms with Crippen LogP contribution in [0.25, 0.3) is 27.8 Å². The van der Waals surface area contributed by atoms with E-state index in [9.17, 15) is 4.79 Å². The van der Waals surface area contributed by atoms with Gasteiger partial charge in [-0.05, 0) is 43.5 Å². The second-order valence-electron chi connectivity index (χ2n) is 7.26. The molecule has 1 unspecified atom stereocenters. The first kappa shape index (κ1) is 21.1. The summed E-state index contributed by atoms with van der Waals surface area (Å²) in [5.41, 5.74) is 5.16. The topological polar surface area (TPSA) is 57.0 Å². The minimum atomic E-state index is -0.316. The lowest BCUT2D eigenvalue weighted by atomic mass is 10.1. The molecule has 0 bridgehead atoms. The molecule has 4 aromatic rings. The Morgan fingerprint density at radius 2 is 1.90 bits per heavy atom. The van der Waals surface area contributed by atoms with Gasteiger partial charge in [0, 0.05) is 17.4 Å². The van der Waals surface area contributed by atoms with Crippen molar-refractivity contribution in [3.8, 4) is 16.8 Å². The molecule has 0 amide bonds. The molecule has 0 aliphatic heterocycles. The van der Waals surface area contributed by atoms with E-state index in [1.165, 1.54) is 17.3 Å². The highest BCUT2D eigenvalue weighted by molar-refractivity contribution is 8.00. The van der Waals surface area contributed by atoms with Gasteiger partial charge in [0.25, 0.3) is 0 Å². The van der Waals surface area contributed by atoms with E-state index in [4.69, 9.17) is 4.74 Å². The van der Waals surface area contributed by atoms with Crippen LogP contribution in [-0.4, -0.2) is 32.4 Å². The van der Waals surface area contributed by atoms with Crippen LogP contribution in [0.4, 0.5) is 0 Å². The van der Waals surface area contributed by atoms with E-state index in [0.717, 1.165) is 32.9 Å². The number of esters is 1. The van der Waals surface area contributed by atoms with Gasteiger partial charge >= 0.3 is 5.97 Å². The highest BCUT2D eigenvalue weighted by atomic mass is 32.2. The van der Waals surface area contributed by atoms with Crippen molar-refractivity contribution in [3.63, 3.8) is 0 Å². The first-order valence-electron chi connectivity index (χ1n) is 10.4. The third kappa shape index (κ3) is 4.35. The largest absolute Gasteiger partial charge is 0.465 e. The molecule has 0 aliphatic rings. The number of carbonyl (C=O) groups excluding carboxylic acids is 1. The molecule has 6 heteroatoms. The molecule has 5 nitrogen and oxygen atoms in total. The molecule has 4 rings (SSSR count). The van der Waals surface area contributed by atoms with Crippen LogP contribution in [0.1, 0.15) is 25.8 Å². The smallest absolute Gasteiger partial charge is 0.319 e. The number of rotatable bonds is 7. The van der Waals surface area contributed by atoms with Gasteiger partial charge in [0.15, 0.2) is 0 Å². The Bertz CT molecular complexity index is 1200. The maximum Gasteiger partial charge on any atom is 0.319 e. The average molecular weight is 432 g/mol. The van der Waals surface area contributed by atoms with E-state index in [-0.39, 0.29) is 11.2 Å². The molecule has 0 saturated heterocycles. The van der Waals surface area contributed by atoms with Crippen LogP contribution in [0.5, 0.6) is 0 Å². The van der Waals surface area contributed by atoms with Gasteiger partial charge in [-0.15, -0.1) is 0 Å². The SMILES string of the molecule is CCOC(=O)C(CC)Sc1ncnc2c1c(-c1ccccc1)cn2-c1cccc(C)c1. The Balaban J connectivity index is 1.91. The molecule has 158 valence electrons. The lowest BCUT2D eigenvalue weighted by Gasteiger charge is -2.13. The highest BCUT2D eigenvalue weighted by Gasteiger charge is 2.24. The van der Waals surface area contributed by atoms with E-state index in [0.29, 0.717) is 13.0 Å². The number of hydrogen-bond acceptors (Lipinski definition) is 5. The van der Waals surface area contributed by atoms with Crippen molar-refractivity contribution in [1.82, 2.24) is 14.5 Å². The van der Waals surface area contributed by atoms with Crippen molar-refractivity contribution in [2.24, 2.45) is 0 Å². The van der Waals surface area contributed by atoms with Crippen molar-refractivity contribution < 1.29 is 9.53 Å². The van der Waals surface area contributed by atoms with Crippen LogP contribution < -0.4 is 0 Å². The summed E-state index contributed by atoms with van der Waals surface area (Å²) >= 11 is 1.45. The number of nitrogens with zero attached hydrogens (tertiary/aromatic N) is 3. The predicted octanol–water partition coefficient (Wildman–Crippen LogP) is 5.83. The molecule has 2 aromatic carbocycles. The molecule has 0 N–H and O–H groups in total. The van der Waals surface area contributed by atoms with Crippen molar-refractivity contribution in [2.75, 3.05) is 6.61 Å². The van der Waals surface area contributed by atoms with Gasteiger partial charge < -0.3 is 9.30 Å². The minimum Gasteiger partial charge on any atom is -0.465 e. The third-order valence-corrected chi connectivity index (χ3v) is 6.43. The molecular formula is C25H25N3O2S. The van der Waals surface area contributed by atoms with Crippen molar-refractivity contribution in [2.45, 2.75) is 37.5 Å². The zero-order valence-electron chi connectivity index (χ0n) is 17.9. The van der Waals surface area contributed by atoms with E-state index < -0.39 is 0 Å². The first-order valence-corrected chi connectivity index (χ1v) is 11.3. The number of ether oxygens (including phenoxy) is 1. The number of aromatic nitrogens is 3. The first-order chi connectivity index (χ1) is 15.1. The summed E-state index contributed by atoms with van der Waals surface area (Å²) in [6.07, 6.45) is 4.34. The molecular weight excluding hydrogens is 406 g/mol. The number of aryl methyl sites for hydroxylation is 1. The zero-order chi connectivity index (χ0) is 21.8. The van der Waals surface area contributed by atoms with Crippen LogP contribution in [0.15, 0.2) is 72.1 Å². The normalized spacial score (nSPS) is 12.1. The van der Waals surface area contributed by atoms with E-state index in [2.05, 4.69) is 58.0 Å². The molecule has 0 spiro atoms. The fourth-order valence-electron chi connectivity index (χ4n) is 3.60. The average Bonchev–Trinajstić information content (AvgIpc) is 3.19. The van der Waals surface area contributed by atoms with E-state index in [1.807, 2.05) is 38.1 Å². The van der Waals surface area contributed by atoms with E-state index >= 15 is 0 Å². The number of carbonyl (C=O) groups is 1. The van der Waals surface area contributed by atoms with Crippen LogP contribution >= 0.6 is 11.8 Å². The lowest BCUT2D eigenvalue weighted by Crippen LogP contribution is -2.19. The molecule has 2 heterocycles. The number of thioether (sulfide) groups is 1. The van der Waals surface area contributed by atoms with Crippen LogP contribution in [0.2, 0.25) is 0 Å². The Morgan fingerprint density at radius 1 is 1.10 bits per heavy atom. The quantitative estimate of drug-likeness (QED) is 0.209. The van der Waals surface area contributed by atoms with Crippen LogP contribution in [0.3, 0.4) is 0 Å². The fourth-order valence-corrected chi connectivity index (χ4v) is 4.63. The van der Waals surface area contributed by atoms with Gasteiger partial charge in [-0.25, -0.2) is 9.97 Å². The Morgan fingerprint density at radius 3 is 2.61 bits per heavy atom. The molecule has 0 saturated carbocycles. The summed E-state index contributed by atoms with van der Waals surface area (Å²) in [6, 6.07) is 18.5. The number of hydrogen-bond donors (Lipinski definition) is 0. The molecule has 31 heavy (non-hydrogen) atoms.